The number of nitrogens with one attached hydrogen (secondary N) is 2. The number of hydrogen-bond acceptors (Lipinski definition) is 4. The van der Waals surface area contributed by atoms with Gasteiger partial charge in [0.1, 0.15) is 5.82 Å². The van der Waals surface area contributed by atoms with Gasteiger partial charge in [-0.2, -0.15) is 8.78 Å². The second-order valence-corrected chi connectivity index (χ2v) is 7.71. The number of nitrogens with zero attached hydrogens (tertiary/aromatic N) is 1. The summed E-state index contributed by atoms with van der Waals surface area (Å²) < 4.78 is 28.9. The smallest absolute Gasteiger partial charge is 0.350 e. The quantitative estimate of drug-likeness (QED) is 0.528. The van der Waals surface area contributed by atoms with Crippen LogP contribution < -0.4 is 16.4 Å². The van der Waals surface area contributed by atoms with Crippen molar-refractivity contribution in [2.75, 3.05) is 11.1 Å². The summed E-state index contributed by atoms with van der Waals surface area (Å²) in [6.07, 6.45) is 1.53. The van der Waals surface area contributed by atoms with E-state index in [0.717, 1.165) is 5.56 Å². The van der Waals surface area contributed by atoms with Gasteiger partial charge in [-0.1, -0.05) is 36.4 Å². The first-order valence-electron chi connectivity index (χ1n) is 10.0. The van der Waals surface area contributed by atoms with Gasteiger partial charge in [-0.3, -0.25) is 9.59 Å². The second-order valence-electron chi connectivity index (χ2n) is 7.71. The number of aromatic nitrogens is 1. The molecular weight excluding hydrogens is 414 g/mol. The van der Waals surface area contributed by atoms with Crippen LogP contribution in [-0.4, -0.2) is 22.8 Å². The molecule has 0 atom stereocenters. The molecule has 0 saturated heterocycles. The number of hydrogen-bond donors (Lipinski definition) is 3. The number of halogens is 2. The average molecular weight is 438 g/mol. The zero-order valence-corrected chi connectivity index (χ0v) is 17.9. The maximum atomic E-state index is 14.5. The molecule has 0 unspecified atom stereocenters. The van der Waals surface area contributed by atoms with E-state index in [0.29, 0.717) is 11.1 Å². The molecule has 0 radical (unpaired) electrons. The number of rotatable bonds is 6. The number of pyridine rings is 1. The Bertz CT molecular complexity index is 1150. The molecular formula is C24H24F2N4O2. The van der Waals surface area contributed by atoms with Crippen LogP contribution >= 0.6 is 0 Å². The van der Waals surface area contributed by atoms with Gasteiger partial charge >= 0.3 is 5.92 Å². The fourth-order valence-electron chi connectivity index (χ4n) is 3.20. The number of aryl methyl sites for hydroxylation is 1. The van der Waals surface area contributed by atoms with Crippen molar-refractivity contribution in [2.24, 2.45) is 0 Å². The lowest BCUT2D eigenvalue weighted by molar-refractivity contribution is -0.140. The number of nitrogen functional groups attached to an aromatic ring is 1. The fourth-order valence-corrected chi connectivity index (χ4v) is 3.20. The van der Waals surface area contributed by atoms with E-state index < -0.39 is 11.8 Å². The van der Waals surface area contributed by atoms with Gasteiger partial charge in [-0.15, -0.1) is 0 Å². The van der Waals surface area contributed by atoms with Crippen LogP contribution in [0, 0.1) is 6.92 Å². The Morgan fingerprint density at radius 2 is 1.75 bits per heavy atom. The van der Waals surface area contributed by atoms with Crippen LogP contribution in [-0.2, 0) is 10.7 Å². The standard InChI is InChI=1S/C24H24F2N4O2/c1-14(2)29-22(31)20-12-16(13-28-21(20)27)19-10-9-18(11-15(19)3)30-23(32)24(25,26)17-7-5-4-6-8-17/h4-14H,1-3H3,(H2,27,28)(H,29,31)(H,30,32). The van der Waals surface area contributed by atoms with Crippen molar-refractivity contribution in [1.29, 1.82) is 0 Å². The molecule has 0 bridgehead atoms. The first-order valence-corrected chi connectivity index (χ1v) is 10.0. The highest BCUT2D eigenvalue weighted by molar-refractivity contribution is 6.00. The van der Waals surface area contributed by atoms with E-state index in [9.17, 15) is 18.4 Å². The Hall–Kier alpha value is -3.81. The highest BCUT2D eigenvalue weighted by Crippen LogP contribution is 2.31. The minimum atomic E-state index is -3.67. The topological polar surface area (TPSA) is 97.1 Å². The molecule has 0 saturated carbocycles. The number of alkyl halides is 2. The molecule has 0 fully saturated rings. The van der Waals surface area contributed by atoms with Crippen LogP contribution in [0.4, 0.5) is 20.3 Å². The lowest BCUT2D eigenvalue weighted by Crippen LogP contribution is -2.32. The van der Waals surface area contributed by atoms with Gasteiger partial charge < -0.3 is 16.4 Å². The Kier molecular flexibility index (Phi) is 6.53. The van der Waals surface area contributed by atoms with E-state index in [1.807, 2.05) is 13.8 Å². The minimum Gasteiger partial charge on any atom is -0.383 e. The molecule has 0 spiro atoms. The SMILES string of the molecule is Cc1cc(NC(=O)C(F)(F)c2ccccc2)ccc1-c1cnc(N)c(C(=O)NC(C)C)c1. The molecule has 3 rings (SSSR count). The van der Waals surface area contributed by atoms with Crippen LogP contribution in [0.25, 0.3) is 11.1 Å². The molecule has 6 nitrogen and oxygen atoms in total. The van der Waals surface area contributed by atoms with Gasteiger partial charge in [0.15, 0.2) is 0 Å². The zero-order valence-electron chi connectivity index (χ0n) is 17.9. The van der Waals surface area contributed by atoms with Crippen LogP contribution in [0.3, 0.4) is 0 Å². The summed E-state index contributed by atoms with van der Waals surface area (Å²) in [7, 11) is 0. The Morgan fingerprint density at radius 1 is 1.06 bits per heavy atom. The van der Waals surface area contributed by atoms with Crippen molar-refractivity contribution in [2.45, 2.75) is 32.7 Å². The van der Waals surface area contributed by atoms with Gasteiger partial charge in [-0.25, -0.2) is 4.98 Å². The first kappa shape index (κ1) is 22.9. The highest BCUT2D eigenvalue weighted by Gasteiger charge is 2.40. The molecule has 1 heterocycles. The summed E-state index contributed by atoms with van der Waals surface area (Å²) in [4.78, 5) is 28.7. The van der Waals surface area contributed by atoms with Crippen molar-refractivity contribution < 1.29 is 18.4 Å². The molecule has 166 valence electrons. The number of nitrogens with two attached hydrogens (primary N) is 1. The van der Waals surface area contributed by atoms with Crippen molar-refractivity contribution in [3.05, 3.63) is 77.5 Å². The molecule has 0 aliphatic rings. The monoisotopic (exact) mass is 438 g/mol. The summed E-state index contributed by atoms with van der Waals surface area (Å²) in [5, 5.41) is 5.05. The number of carbonyl (C=O) groups excluding carboxylic acids is 2. The van der Waals surface area contributed by atoms with Gasteiger partial charge in [-0.05, 0) is 50.1 Å². The van der Waals surface area contributed by atoms with E-state index >= 15 is 0 Å². The number of benzene rings is 2. The van der Waals surface area contributed by atoms with Crippen LogP contribution in [0.2, 0.25) is 0 Å². The summed E-state index contributed by atoms with van der Waals surface area (Å²) in [5.74, 6) is -5.32. The molecule has 3 aromatic rings. The molecule has 0 aliphatic carbocycles. The third-order valence-electron chi connectivity index (χ3n) is 4.80. The molecule has 1 aromatic heterocycles. The molecule has 8 heteroatoms. The predicted octanol–water partition coefficient (Wildman–Crippen LogP) is 4.51. The Morgan fingerprint density at radius 3 is 2.38 bits per heavy atom. The molecule has 0 aliphatic heterocycles. The minimum absolute atomic E-state index is 0.0656. The average Bonchev–Trinajstić information content (AvgIpc) is 2.74. The van der Waals surface area contributed by atoms with E-state index in [1.165, 1.54) is 36.5 Å². The van der Waals surface area contributed by atoms with E-state index in [2.05, 4.69) is 15.6 Å². The van der Waals surface area contributed by atoms with Crippen molar-refractivity contribution in [3.8, 4) is 11.1 Å². The van der Waals surface area contributed by atoms with E-state index in [1.54, 1.807) is 31.2 Å². The Balaban J connectivity index is 1.84. The van der Waals surface area contributed by atoms with Crippen LogP contribution in [0.15, 0.2) is 60.8 Å². The Labute approximate surface area is 184 Å². The highest BCUT2D eigenvalue weighted by atomic mass is 19.3. The number of carbonyl (C=O) groups is 2. The summed E-state index contributed by atoms with van der Waals surface area (Å²) in [6, 6.07) is 13.2. The lowest BCUT2D eigenvalue weighted by atomic mass is 9.99. The third-order valence-corrected chi connectivity index (χ3v) is 4.80. The van der Waals surface area contributed by atoms with Crippen molar-refractivity contribution in [1.82, 2.24) is 10.3 Å². The molecule has 2 amide bonds. The lowest BCUT2D eigenvalue weighted by Gasteiger charge is -2.17. The number of anilines is 2. The largest absolute Gasteiger partial charge is 0.383 e. The maximum absolute atomic E-state index is 14.5. The second kappa shape index (κ2) is 9.13. The maximum Gasteiger partial charge on any atom is 0.350 e. The van der Waals surface area contributed by atoms with Gasteiger partial charge in [0, 0.05) is 29.1 Å². The van der Waals surface area contributed by atoms with Crippen LogP contribution in [0.1, 0.15) is 35.3 Å². The van der Waals surface area contributed by atoms with Gasteiger partial charge in [0.25, 0.3) is 11.8 Å². The zero-order chi connectivity index (χ0) is 23.5. The third kappa shape index (κ3) is 4.91. The van der Waals surface area contributed by atoms with E-state index in [4.69, 9.17) is 5.73 Å². The van der Waals surface area contributed by atoms with E-state index in [-0.39, 0.29) is 34.6 Å². The van der Waals surface area contributed by atoms with Crippen molar-refractivity contribution >= 4 is 23.3 Å². The van der Waals surface area contributed by atoms with Crippen molar-refractivity contribution in [3.63, 3.8) is 0 Å². The van der Waals surface area contributed by atoms with Crippen LogP contribution in [0.5, 0.6) is 0 Å². The summed E-state index contributed by atoms with van der Waals surface area (Å²) >= 11 is 0. The van der Waals surface area contributed by atoms with Gasteiger partial charge in [0.05, 0.1) is 5.56 Å². The first-order chi connectivity index (χ1) is 15.1. The molecule has 2 aromatic carbocycles. The predicted molar refractivity (Wildman–Crippen MR) is 120 cm³/mol. The van der Waals surface area contributed by atoms with Gasteiger partial charge in [0.2, 0.25) is 0 Å². The fraction of sp³-hybridized carbons (Fsp3) is 0.208. The summed E-state index contributed by atoms with van der Waals surface area (Å²) in [6.45, 7) is 5.44. The molecule has 4 N–H and O–H groups in total. The normalized spacial score (nSPS) is 11.3. The summed E-state index contributed by atoms with van der Waals surface area (Å²) in [5.41, 5.74) is 8.02. The number of amides is 2. The molecule has 32 heavy (non-hydrogen) atoms.